The number of unbranched alkanes of at least 4 members (excludes halogenated alkanes) is 3. The first-order chi connectivity index (χ1) is 16.1. The summed E-state index contributed by atoms with van der Waals surface area (Å²) in [5, 5.41) is 23.5. The van der Waals surface area contributed by atoms with Gasteiger partial charge in [0.25, 0.3) is 5.69 Å². The van der Waals surface area contributed by atoms with Crippen molar-refractivity contribution in [3.63, 3.8) is 0 Å². The Morgan fingerprint density at radius 2 is 1.79 bits per heavy atom. The van der Waals surface area contributed by atoms with Crippen molar-refractivity contribution in [2.75, 3.05) is 12.3 Å². The molecule has 1 amide bonds. The molecule has 3 rings (SSSR count). The molecular weight excluding hydrogens is 438 g/mol. The van der Waals surface area contributed by atoms with Crippen LogP contribution in [0, 0.1) is 10.1 Å². The third kappa shape index (κ3) is 7.15. The normalized spacial score (nSPS) is 10.8. The van der Waals surface area contributed by atoms with Gasteiger partial charge in [-0.3, -0.25) is 19.5 Å². The van der Waals surface area contributed by atoms with Gasteiger partial charge in [-0.2, -0.15) is 0 Å². The number of hydrogen-bond acceptors (Lipinski definition) is 6. The molecule has 0 radical (unpaired) electrons. The van der Waals surface area contributed by atoms with E-state index in [4.69, 9.17) is 0 Å². The SMILES string of the molecule is CCCCCNC(=O)CCCCSc1nnc(-c2ccc([N+](=O)[O-])cc2)n1-c1ccccc1. The first-order valence-corrected chi connectivity index (χ1v) is 12.2. The Kier molecular flexibility index (Phi) is 9.44. The van der Waals surface area contributed by atoms with Crippen LogP contribution in [-0.4, -0.2) is 37.9 Å². The van der Waals surface area contributed by atoms with Gasteiger partial charge in [0.15, 0.2) is 11.0 Å². The number of amides is 1. The standard InChI is InChI=1S/C24H29N5O3S/c1-2-3-8-17-25-22(30)12-7-9-18-33-24-27-26-23(28(24)20-10-5-4-6-11-20)19-13-15-21(16-14-19)29(31)32/h4-6,10-11,13-16H,2-3,7-9,12,17-18H2,1H3,(H,25,30). The fraction of sp³-hybridized carbons (Fsp3) is 0.375. The number of carbonyl (C=O) groups excluding carboxylic acids is 1. The zero-order valence-corrected chi connectivity index (χ0v) is 19.6. The fourth-order valence-electron chi connectivity index (χ4n) is 3.33. The summed E-state index contributed by atoms with van der Waals surface area (Å²) in [7, 11) is 0. The van der Waals surface area contributed by atoms with Crippen LogP contribution < -0.4 is 5.32 Å². The summed E-state index contributed by atoms with van der Waals surface area (Å²) in [6.07, 6.45) is 5.56. The smallest absolute Gasteiger partial charge is 0.269 e. The lowest BCUT2D eigenvalue weighted by Gasteiger charge is -2.10. The number of para-hydroxylation sites is 1. The molecule has 0 aliphatic carbocycles. The van der Waals surface area contributed by atoms with E-state index in [9.17, 15) is 14.9 Å². The van der Waals surface area contributed by atoms with E-state index in [1.165, 1.54) is 12.1 Å². The molecule has 1 aromatic heterocycles. The van der Waals surface area contributed by atoms with Crippen molar-refractivity contribution in [1.82, 2.24) is 20.1 Å². The van der Waals surface area contributed by atoms with E-state index in [0.717, 1.165) is 60.8 Å². The molecule has 2 aromatic carbocycles. The number of nitro benzene ring substituents is 1. The lowest BCUT2D eigenvalue weighted by Crippen LogP contribution is -2.23. The number of nitrogens with one attached hydrogen (secondary N) is 1. The van der Waals surface area contributed by atoms with Gasteiger partial charge >= 0.3 is 0 Å². The number of hydrogen-bond donors (Lipinski definition) is 1. The van der Waals surface area contributed by atoms with Gasteiger partial charge in [-0.15, -0.1) is 10.2 Å². The third-order valence-electron chi connectivity index (χ3n) is 5.12. The van der Waals surface area contributed by atoms with Crippen molar-refractivity contribution < 1.29 is 9.72 Å². The average Bonchev–Trinajstić information content (AvgIpc) is 3.26. The third-order valence-corrected chi connectivity index (χ3v) is 6.13. The summed E-state index contributed by atoms with van der Waals surface area (Å²) in [5.41, 5.74) is 1.71. The summed E-state index contributed by atoms with van der Waals surface area (Å²) in [6.45, 7) is 2.90. The Balaban J connectivity index is 1.63. The number of carbonyl (C=O) groups is 1. The molecule has 174 valence electrons. The highest BCUT2D eigenvalue weighted by Gasteiger charge is 2.17. The van der Waals surface area contributed by atoms with E-state index in [-0.39, 0.29) is 11.6 Å². The van der Waals surface area contributed by atoms with Crippen molar-refractivity contribution in [3.8, 4) is 17.1 Å². The number of nitro groups is 1. The maximum atomic E-state index is 11.9. The summed E-state index contributed by atoms with van der Waals surface area (Å²) >= 11 is 1.59. The first-order valence-electron chi connectivity index (χ1n) is 11.2. The van der Waals surface area contributed by atoms with Gasteiger partial charge in [-0.1, -0.05) is 49.7 Å². The number of non-ortho nitro benzene ring substituents is 1. The highest BCUT2D eigenvalue weighted by atomic mass is 32.2. The second kappa shape index (κ2) is 12.7. The molecular formula is C24H29N5O3S. The quantitative estimate of drug-likeness (QED) is 0.156. The number of thioether (sulfide) groups is 1. The van der Waals surface area contributed by atoms with Crippen molar-refractivity contribution in [2.45, 2.75) is 50.6 Å². The lowest BCUT2D eigenvalue weighted by atomic mass is 10.2. The van der Waals surface area contributed by atoms with Gasteiger partial charge in [0.2, 0.25) is 5.91 Å². The molecule has 0 fully saturated rings. The van der Waals surface area contributed by atoms with Crippen LogP contribution in [0.4, 0.5) is 5.69 Å². The molecule has 0 unspecified atom stereocenters. The zero-order valence-electron chi connectivity index (χ0n) is 18.8. The van der Waals surface area contributed by atoms with Crippen molar-refractivity contribution in [2.24, 2.45) is 0 Å². The minimum atomic E-state index is -0.418. The maximum Gasteiger partial charge on any atom is 0.269 e. The number of benzene rings is 2. The topological polar surface area (TPSA) is 103 Å². The average molecular weight is 468 g/mol. The van der Waals surface area contributed by atoms with Crippen molar-refractivity contribution in [1.29, 1.82) is 0 Å². The molecule has 1 N–H and O–H groups in total. The van der Waals surface area contributed by atoms with Crippen LogP contribution in [0.15, 0.2) is 59.8 Å². The molecule has 0 aliphatic heterocycles. The second-order valence-electron chi connectivity index (χ2n) is 7.64. The predicted octanol–water partition coefficient (Wildman–Crippen LogP) is 5.41. The maximum absolute atomic E-state index is 11.9. The highest BCUT2D eigenvalue weighted by Crippen LogP contribution is 2.29. The van der Waals surface area contributed by atoms with Crippen LogP contribution in [0.2, 0.25) is 0 Å². The predicted molar refractivity (Wildman–Crippen MR) is 131 cm³/mol. The molecule has 9 heteroatoms. The van der Waals surface area contributed by atoms with Gasteiger partial charge in [0.05, 0.1) is 4.92 Å². The van der Waals surface area contributed by atoms with Crippen LogP contribution >= 0.6 is 11.8 Å². The summed E-state index contributed by atoms with van der Waals surface area (Å²) in [4.78, 5) is 22.5. The minimum Gasteiger partial charge on any atom is -0.356 e. The second-order valence-corrected chi connectivity index (χ2v) is 8.71. The molecule has 33 heavy (non-hydrogen) atoms. The zero-order chi connectivity index (χ0) is 23.5. The van der Waals surface area contributed by atoms with E-state index in [1.807, 2.05) is 34.9 Å². The largest absolute Gasteiger partial charge is 0.356 e. The summed E-state index contributed by atoms with van der Waals surface area (Å²) in [5.74, 6) is 1.56. The van der Waals surface area contributed by atoms with Gasteiger partial charge in [0, 0.05) is 42.1 Å². The Bertz CT molecular complexity index is 1040. The number of rotatable bonds is 13. The van der Waals surface area contributed by atoms with Crippen molar-refractivity contribution in [3.05, 3.63) is 64.7 Å². The van der Waals surface area contributed by atoms with Crippen LogP contribution in [0.3, 0.4) is 0 Å². The van der Waals surface area contributed by atoms with Gasteiger partial charge in [0.1, 0.15) is 0 Å². The number of aromatic nitrogens is 3. The summed E-state index contributed by atoms with van der Waals surface area (Å²) in [6, 6.07) is 16.1. The molecule has 0 saturated carbocycles. The first kappa shape index (κ1) is 24.4. The minimum absolute atomic E-state index is 0.0357. The molecule has 0 spiro atoms. The Hall–Kier alpha value is -3.20. The van der Waals surface area contributed by atoms with Gasteiger partial charge in [-0.05, 0) is 43.5 Å². The highest BCUT2D eigenvalue weighted by molar-refractivity contribution is 7.99. The molecule has 0 bridgehead atoms. The Labute approximate surface area is 198 Å². The van der Waals surface area contributed by atoms with Crippen molar-refractivity contribution >= 4 is 23.4 Å². The summed E-state index contributed by atoms with van der Waals surface area (Å²) < 4.78 is 1.96. The monoisotopic (exact) mass is 467 g/mol. The van der Waals surface area contributed by atoms with E-state index in [0.29, 0.717) is 12.2 Å². The molecule has 0 atom stereocenters. The van der Waals surface area contributed by atoms with Crippen LogP contribution in [0.5, 0.6) is 0 Å². The molecule has 3 aromatic rings. The lowest BCUT2D eigenvalue weighted by molar-refractivity contribution is -0.384. The Morgan fingerprint density at radius 1 is 1.03 bits per heavy atom. The van der Waals surface area contributed by atoms with Gasteiger partial charge in [-0.25, -0.2) is 0 Å². The van der Waals surface area contributed by atoms with E-state index in [2.05, 4.69) is 22.4 Å². The Morgan fingerprint density at radius 3 is 2.48 bits per heavy atom. The van der Waals surface area contributed by atoms with E-state index >= 15 is 0 Å². The molecule has 1 heterocycles. The molecule has 0 aliphatic rings. The van der Waals surface area contributed by atoms with E-state index in [1.54, 1.807) is 23.9 Å². The molecule has 0 saturated heterocycles. The van der Waals surface area contributed by atoms with Crippen LogP contribution in [0.25, 0.3) is 17.1 Å². The molecule has 8 nitrogen and oxygen atoms in total. The van der Waals surface area contributed by atoms with Crippen LogP contribution in [0.1, 0.15) is 45.4 Å². The van der Waals surface area contributed by atoms with Crippen LogP contribution in [-0.2, 0) is 4.79 Å². The fourth-order valence-corrected chi connectivity index (χ4v) is 4.29. The van der Waals surface area contributed by atoms with E-state index < -0.39 is 4.92 Å². The number of nitrogens with zero attached hydrogens (tertiary/aromatic N) is 4. The van der Waals surface area contributed by atoms with Gasteiger partial charge < -0.3 is 5.32 Å².